The van der Waals surface area contributed by atoms with E-state index in [1.807, 2.05) is 36.4 Å². The van der Waals surface area contributed by atoms with Gasteiger partial charge in [0.1, 0.15) is 11.2 Å². The zero-order chi connectivity index (χ0) is 50.7. The van der Waals surface area contributed by atoms with Crippen molar-refractivity contribution in [1.29, 1.82) is 0 Å². The second-order valence-corrected chi connectivity index (χ2v) is 20.3. The summed E-state index contributed by atoms with van der Waals surface area (Å²) in [7, 11) is 0. The third-order valence-electron chi connectivity index (χ3n) is 16.0. The molecule has 0 bridgehead atoms. The summed E-state index contributed by atoms with van der Waals surface area (Å²) in [5.41, 5.74) is 23.2. The molecule has 0 amide bonds. The van der Waals surface area contributed by atoms with Gasteiger partial charge in [-0.2, -0.15) is 0 Å². The quantitative estimate of drug-likeness (QED) is 0.149. The minimum atomic E-state index is -0.160. The van der Waals surface area contributed by atoms with Crippen LogP contribution in [-0.4, -0.2) is 26.3 Å². The number of nitrogens with zero attached hydrogens (tertiary/aromatic N) is 5. The molecule has 0 N–H and O–H groups in total. The summed E-state index contributed by atoms with van der Waals surface area (Å²) in [5, 5.41) is 4.54. The van der Waals surface area contributed by atoms with E-state index in [1.54, 1.807) is 0 Å². The minimum Gasteiger partial charge on any atom is -0.455 e. The van der Waals surface area contributed by atoms with Gasteiger partial charge in [0.15, 0.2) is 17.5 Å². The summed E-state index contributed by atoms with van der Waals surface area (Å²) in [6.45, 7) is 2.17. The molecule has 77 heavy (non-hydrogen) atoms. The molecule has 358 valence electrons. The average Bonchev–Trinajstić information content (AvgIpc) is 4.24. The zero-order valence-electron chi connectivity index (χ0n) is 41.9. The first kappa shape index (κ1) is 43.3. The van der Waals surface area contributed by atoms with Gasteiger partial charge in [0.05, 0.1) is 5.39 Å². The second-order valence-electron chi connectivity index (χ2n) is 20.3. The normalized spacial score (nSPS) is 12.4. The van der Waals surface area contributed by atoms with Crippen molar-refractivity contribution < 1.29 is 4.42 Å². The smallest absolute Gasteiger partial charge is 0.333 e. The Kier molecular flexibility index (Phi) is 9.54. The van der Waals surface area contributed by atoms with Gasteiger partial charge in [0.25, 0.3) is 0 Å². The van der Waals surface area contributed by atoms with Gasteiger partial charge in [-0.05, 0) is 117 Å². The summed E-state index contributed by atoms with van der Waals surface area (Å²) in [4.78, 5) is 18.0. The lowest BCUT2D eigenvalue weighted by molar-refractivity contribution is 0.673. The lowest BCUT2D eigenvalue weighted by Gasteiger charge is -2.41. The first-order valence-electron chi connectivity index (χ1n) is 26.3. The van der Waals surface area contributed by atoms with Crippen molar-refractivity contribution in [3.05, 3.63) is 254 Å². The highest BCUT2D eigenvalue weighted by atomic mass is 16.3. The average molecular weight is 982 g/mol. The maximum absolute atomic E-state index is 6.96. The minimum absolute atomic E-state index is 0.160. The largest absolute Gasteiger partial charge is 0.455 e. The number of hydrogen-bond donors (Lipinski definition) is 0. The first-order valence-corrected chi connectivity index (χ1v) is 26.3. The maximum atomic E-state index is 6.96. The molecule has 0 saturated carbocycles. The van der Waals surface area contributed by atoms with E-state index in [-0.39, 0.29) is 6.85 Å². The highest BCUT2D eigenvalue weighted by molar-refractivity contribution is 6.90. The molecule has 2 aliphatic heterocycles. The molecule has 0 spiro atoms. The molecule has 3 aromatic heterocycles. The van der Waals surface area contributed by atoms with Crippen molar-refractivity contribution in [2.24, 2.45) is 0 Å². The third kappa shape index (κ3) is 6.67. The Hall–Kier alpha value is -10.1. The fourth-order valence-electron chi connectivity index (χ4n) is 12.6. The van der Waals surface area contributed by atoms with E-state index in [4.69, 9.17) is 19.4 Å². The molecular weight excluding hydrogens is 938 g/mol. The number of benzene rings is 11. The van der Waals surface area contributed by atoms with Crippen molar-refractivity contribution in [2.75, 3.05) is 4.90 Å². The topological polar surface area (TPSA) is 60.0 Å². The summed E-state index contributed by atoms with van der Waals surface area (Å²) >= 11 is 0. The van der Waals surface area contributed by atoms with E-state index in [0.717, 1.165) is 94.5 Å². The molecule has 16 rings (SSSR count). The molecule has 11 aromatic carbocycles. The molecule has 7 heteroatoms. The Labute approximate surface area is 445 Å². The van der Waals surface area contributed by atoms with Crippen LogP contribution in [0.25, 0.3) is 122 Å². The van der Waals surface area contributed by atoms with E-state index in [1.165, 1.54) is 44.0 Å². The van der Waals surface area contributed by atoms with Crippen molar-refractivity contribution in [3.8, 4) is 78.7 Å². The predicted octanol–water partition coefficient (Wildman–Crippen LogP) is 16.6. The molecule has 6 nitrogen and oxygen atoms in total. The summed E-state index contributed by atoms with van der Waals surface area (Å²) in [5.74, 6) is 1.87. The number of hydrogen-bond acceptors (Lipinski definition) is 5. The Morgan fingerprint density at radius 1 is 0.403 bits per heavy atom. The molecule has 0 radical (unpaired) electrons. The van der Waals surface area contributed by atoms with E-state index in [0.29, 0.717) is 17.5 Å². The second kappa shape index (κ2) is 17.0. The number of aromatic nitrogens is 4. The number of fused-ring (bicyclic) bond motifs is 11. The van der Waals surface area contributed by atoms with Gasteiger partial charge in [-0.15, -0.1) is 0 Å². The molecule has 0 atom stereocenters. The van der Waals surface area contributed by atoms with E-state index in [2.05, 4.69) is 229 Å². The van der Waals surface area contributed by atoms with E-state index >= 15 is 0 Å². The Morgan fingerprint density at radius 3 is 1.61 bits per heavy atom. The lowest BCUT2D eigenvalue weighted by Crippen LogP contribution is -2.56. The molecular formula is C70H44BN5O. The van der Waals surface area contributed by atoms with Crippen molar-refractivity contribution >= 4 is 78.6 Å². The van der Waals surface area contributed by atoms with Gasteiger partial charge in [-0.1, -0.05) is 194 Å². The standard InChI is InChI=1S/C70H44BN5O/c1-43-55(48-29-20-30-49(37-48)70-73-68(46-25-10-4-11-26-46)72-69(74-70)47-27-12-5-13-28-47)42-61-65-63(43)57-41-56-53-31-15-19-36-62(53)77-67(56)64-54-32-14-17-34-59(54)76(66(57)64)71(65)58-33-16-18-35-60(58)75(61)52-39-50(44-21-6-2-7-22-44)38-51(40-52)45-23-8-3-9-24-45/h2-42H,1H3. The van der Waals surface area contributed by atoms with Gasteiger partial charge in [-0.25, -0.2) is 15.0 Å². The van der Waals surface area contributed by atoms with Crippen molar-refractivity contribution in [1.82, 2.24) is 19.4 Å². The predicted molar refractivity (Wildman–Crippen MR) is 318 cm³/mol. The van der Waals surface area contributed by atoms with E-state index in [9.17, 15) is 0 Å². The number of furan rings is 1. The van der Waals surface area contributed by atoms with Gasteiger partial charge in [-0.3, -0.25) is 0 Å². The molecule has 0 saturated heterocycles. The van der Waals surface area contributed by atoms with Gasteiger partial charge >= 0.3 is 6.85 Å². The Balaban J connectivity index is 1.01. The summed E-state index contributed by atoms with van der Waals surface area (Å²) < 4.78 is 9.58. The SMILES string of the molecule is Cc1c(-c2cccc(-c3nc(-c4ccccc4)nc(-c4ccccc4)n3)c2)cc2c3c1-c1cc4c5ccccc5oc4c4c5ccccc5n(c14)B3c1ccccc1N2c1cc(-c2ccccc2)cc(-c2ccccc2)c1. The number of rotatable bonds is 7. The molecule has 14 aromatic rings. The summed E-state index contributed by atoms with van der Waals surface area (Å²) in [6.07, 6.45) is 0. The van der Waals surface area contributed by atoms with E-state index < -0.39 is 0 Å². The molecule has 0 aliphatic carbocycles. The van der Waals surface area contributed by atoms with Crippen molar-refractivity contribution in [3.63, 3.8) is 0 Å². The molecule has 0 unspecified atom stereocenters. The molecule has 2 aliphatic rings. The van der Waals surface area contributed by atoms with Gasteiger partial charge in [0.2, 0.25) is 0 Å². The van der Waals surface area contributed by atoms with Crippen molar-refractivity contribution in [2.45, 2.75) is 6.92 Å². The van der Waals surface area contributed by atoms with Gasteiger partial charge < -0.3 is 13.8 Å². The highest BCUT2D eigenvalue weighted by Gasteiger charge is 2.44. The Bertz CT molecular complexity index is 4590. The van der Waals surface area contributed by atoms with Crippen LogP contribution in [0.1, 0.15) is 5.56 Å². The van der Waals surface area contributed by atoms with Crippen LogP contribution in [0, 0.1) is 6.92 Å². The van der Waals surface area contributed by atoms with Crippen LogP contribution in [0.4, 0.5) is 17.1 Å². The molecule has 5 heterocycles. The monoisotopic (exact) mass is 981 g/mol. The first-order chi connectivity index (χ1) is 38.1. The number of para-hydroxylation sites is 3. The fraction of sp³-hybridized carbons (Fsp3) is 0.0143. The zero-order valence-corrected chi connectivity index (χ0v) is 41.9. The highest BCUT2D eigenvalue weighted by Crippen LogP contribution is 2.52. The third-order valence-corrected chi connectivity index (χ3v) is 16.0. The van der Waals surface area contributed by atoms with Crippen LogP contribution in [0.15, 0.2) is 253 Å². The Morgan fingerprint density at radius 2 is 0.935 bits per heavy atom. The van der Waals surface area contributed by atoms with Crippen LogP contribution in [0.5, 0.6) is 0 Å². The fourth-order valence-corrected chi connectivity index (χ4v) is 12.6. The summed E-state index contributed by atoms with van der Waals surface area (Å²) in [6, 6.07) is 89.1. The van der Waals surface area contributed by atoms with Gasteiger partial charge in [0, 0.05) is 66.5 Å². The van der Waals surface area contributed by atoms with Crippen LogP contribution in [0.2, 0.25) is 0 Å². The lowest BCUT2D eigenvalue weighted by atomic mass is 9.44. The maximum Gasteiger partial charge on any atom is 0.333 e. The van der Waals surface area contributed by atoms with Crippen LogP contribution < -0.4 is 15.8 Å². The molecule has 0 fully saturated rings. The van der Waals surface area contributed by atoms with Crippen LogP contribution >= 0.6 is 0 Å². The van der Waals surface area contributed by atoms with Crippen LogP contribution in [-0.2, 0) is 0 Å². The number of anilines is 3. The van der Waals surface area contributed by atoms with Crippen LogP contribution in [0.3, 0.4) is 0 Å².